The predicted molar refractivity (Wildman–Crippen MR) is 83.0 cm³/mol. The summed E-state index contributed by atoms with van der Waals surface area (Å²) >= 11 is 1.78. The third kappa shape index (κ3) is 4.16. The molecule has 19 heavy (non-hydrogen) atoms. The second-order valence-electron chi connectivity index (χ2n) is 5.50. The van der Waals surface area contributed by atoms with Gasteiger partial charge >= 0.3 is 0 Å². The molecule has 0 spiro atoms. The van der Waals surface area contributed by atoms with Gasteiger partial charge < -0.3 is 15.1 Å². The number of hydrogen-bond acceptors (Lipinski definition) is 5. The summed E-state index contributed by atoms with van der Waals surface area (Å²) in [7, 11) is 4.35. The summed E-state index contributed by atoms with van der Waals surface area (Å²) in [5.74, 6) is 0. The third-order valence-electron chi connectivity index (χ3n) is 3.67. The molecule has 1 unspecified atom stereocenters. The molecule has 0 radical (unpaired) electrons. The topological polar surface area (TPSA) is 31.4 Å². The molecule has 2 heterocycles. The van der Waals surface area contributed by atoms with Crippen LogP contribution in [-0.2, 0) is 6.54 Å². The fraction of sp³-hybridized carbons (Fsp3) is 0.786. The number of piperidine rings is 1. The van der Waals surface area contributed by atoms with Gasteiger partial charge in [-0.3, -0.25) is 0 Å². The van der Waals surface area contributed by atoms with Crippen molar-refractivity contribution in [2.45, 2.75) is 38.8 Å². The van der Waals surface area contributed by atoms with Gasteiger partial charge in [0.15, 0.2) is 5.13 Å². The Labute approximate surface area is 120 Å². The molecule has 2 rings (SSSR count). The normalized spacial score (nSPS) is 20.2. The Kier molecular flexibility index (Phi) is 5.60. The minimum atomic E-state index is 0.666. The van der Waals surface area contributed by atoms with Gasteiger partial charge in [0.25, 0.3) is 0 Å². The highest BCUT2D eigenvalue weighted by molar-refractivity contribution is 7.13. The number of rotatable bonds is 6. The minimum absolute atomic E-state index is 0.666. The number of likely N-dealkylation sites (N-methyl/N-ethyl adjacent to an activating group) is 1. The summed E-state index contributed by atoms with van der Waals surface area (Å²) in [6, 6.07) is 0.666. The van der Waals surface area contributed by atoms with E-state index in [9.17, 15) is 0 Å². The number of thiazole rings is 1. The van der Waals surface area contributed by atoms with E-state index in [1.54, 1.807) is 11.3 Å². The maximum atomic E-state index is 4.76. The van der Waals surface area contributed by atoms with Gasteiger partial charge in [-0.1, -0.05) is 6.92 Å². The second kappa shape index (κ2) is 7.22. The van der Waals surface area contributed by atoms with Crippen LogP contribution in [0.5, 0.6) is 0 Å². The molecule has 1 aromatic heterocycles. The largest absolute Gasteiger partial charge is 0.347 e. The van der Waals surface area contributed by atoms with Crippen LogP contribution in [0.4, 0.5) is 5.13 Å². The highest BCUT2D eigenvalue weighted by atomic mass is 32.1. The lowest BCUT2D eigenvalue weighted by Crippen LogP contribution is -2.45. The van der Waals surface area contributed by atoms with Crippen molar-refractivity contribution in [3.63, 3.8) is 0 Å². The van der Waals surface area contributed by atoms with Crippen LogP contribution in [0, 0.1) is 0 Å². The molecule has 1 fully saturated rings. The first-order valence-corrected chi connectivity index (χ1v) is 8.15. The van der Waals surface area contributed by atoms with Crippen LogP contribution in [0.2, 0.25) is 0 Å². The van der Waals surface area contributed by atoms with Crippen molar-refractivity contribution in [1.29, 1.82) is 0 Å². The first-order valence-electron chi connectivity index (χ1n) is 7.27. The maximum absolute atomic E-state index is 4.76. The summed E-state index contributed by atoms with van der Waals surface area (Å²) in [4.78, 5) is 9.55. The molecule has 0 aromatic carbocycles. The molecule has 1 aliphatic rings. The summed E-state index contributed by atoms with van der Waals surface area (Å²) in [6.07, 6.45) is 3.75. The van der Waals surface area contributed by atoms with E-state index in [0.717, 1.165) is 26.2 Å². The molecule has 4 nitrogen and oxygen atoms in total. The van der Waals surface area contributed by atoms with Crippen molar-refractivity contribution < 1.29 is 0 Å². The van der Waals surface area contributed by atoms with E-state index in [2.05, 4.69) is 41.5 Å². The lowest BCUT2D eigenvalue weighted by molar-refractivity contribution is 0.258. The van der Waals surface area contributed by atoms with Crippen molar-refractivity contribution in [2.24, 2.45) is 0 Å². The molecular formula is C14H26N4S. The number of aromatic nitrogens is 1. The molecule has 0 saturated carbocycles. The van der Waals surface area contributed by atoms with Crippen LogP contribution < -0.4 is 10.2 Å². The Hall–Kier alpha value is -0.650. The van der Waals surface area contributed by atoms with Gasteiger partial charge in [0.1, 0.15) is 0 Å². The predicted octanol–water partition coefficient (Wildman–Crippen LogP) is 2.17. The van der Waals surface area contributed by atoms with Crippen LogP contribution in [-0.4, -0.2) is 49.7 Å². The monoisotopic (exact) mass is 282 g/mol. The van der Waals surface area contributed by atoms with Gasteiger partial charge in [0.05, 0.1) is 5.69 Å². The summed E-state index contributed by atoms with van der Waals surface area (Å²) in [5.41, 5.74) is 1.18. The summed E-state index contributed by atoms with van der Waals surface area (Å²) in [5, 5.41) is 6.80. The molecule has 1 atom stereocenters. The lowest BCUT2D eigenvalue weighted by Gasteiger charge is -2.35. The quantitative estimate of drug-likeness (QED) is 0.810. The van der Waals surface area contributed by atoms with E-state index in [0.29, 0.717) is 6.04 Å². The van der Waals surface area contributed by atoms with Crippen molar-refractivity contribution in [1.82, 2.24) is 15.2 Å². The number of nitrogens with one attached hydrogen (secondary N) is 1. The average molecular weight is 282 g/mol. The van der Waals surface area contributed by atoms with Crippen LogP contribution in [0.1, 0.15) is 31.9 Å². The number of anilines is 1. The first kappa shape index (κ1) is 14.8. The minimum Gasteiger partial charge on any atom is -0.347 e. The second-order valence-corrected chi connectivity index (χ2v) is 6.34. The SMILES string of the molecule is CCCNCc1csc(N2CCCC(N(C)C)C2)n1. The van der Waals surface area contributed by atoms with Crippen molar-refractivity contribution in [3.05, 3.63) is 11.1 Å². The Bertz CT molecular complexity index is 377. The molecule has 0 amide bonds. The Morgan fingerprint density at radius 1 is 1.53 bits per heavy atom. The smallest absolute Gasteiger partial charge is 0.185 e. The lowest BCUT2D eigenvalue weighted by atomic mass is 10.1. The van der Waals surface area contributed by atoms with Crippen molar-refractivity contribution in [2.75, 3.05) is 38.6 Å². The van der Waals surface area contributed by atoms with Crippen LogP contribution in [0.3, 0.4) is 0 Å². The Morgan fingerprint density at radius 2 is 2.37 bits per heavy atom. The highest BCUT2D eigenvalue weighted by Gasteiger charge is 2.23. The maximum Gasteiger partial charge on any atom is 0.185 e. The van der Waals surface area contributed by atoms with Crippen molar-refractivity contribution in [3.8, 4) is 0 Å². The summed E-state index contributed by atoms with van der Waals surface area (Å²) in [6.45, 7) is 6.42. The zero-order chi connectivity index (χ0) is 13.7. The van der Waals surface area contributed by atoms with E-state index >= 15 is 0 Å². The summed E-state index contributed by atoms with van der Waals surface area (Å²) < 4.78 is 0. The molecule has 1 N–H and O–H groups in total. The molecule has 5 heteroatoms. The number of hydrogen-bond donors (Lipinski definition) is 1. The van der Waals surface area contributed by atoms with Gasteiger partial charge in [0.2, 0.25) is 0 Å². The van der Waals surface area contributed by atoms with E-state index in [1.165, 1.54) is 30.1 Å². The van der Waals surface area contributed by atoms with E-state index < -0.39 is 0 Å². The standard InChI is InChI=1S/C14H26N4S/c1-4-7-15-9-12-11-19-14(16-12)18-8-5-6-13(10-18)17(2)3/h11,13,15H,4-10H2,1-3H3. The molecule has 1 aromatic rings. The molecule has 1 aliphatic heterocycles. The molecule has 1 saturated heterocycles. The van der Waals surface area contributed by atoms with E-state index in [4.69, 9.17) is 4.98 Å². The Balaban J connectivity index is 1.90. The van der Waals surface area contributed by atoms with Crippen LogP contribution in [0.25, 0.3) is 0 Å². The zero-order valence-electron chi connectivity index (χ0n) is 12.4. The van der Waals surface area contributed by atoms with Gasteiger partial charge in [0, 0.05) is 31.1 Å². The molecular weight excluding hydrogens is 256 g/mol. The van der Waals surface area contributed by atoms with E-state index in [-0.39, 0.29) is 0 Å². The van der Waals surface area contributed by atoms with E-state index in [1.807, 2.05) is 0 Å². The Morgan fingerprint density at radius 3 is 3.11 bits per heavy atom. The first-order chi connectivity index (χ1) is 9.20. The molecule has 0 aliphatic carbocycles. The van der Waals surface area contributed by atoms with Gasteiger partial charge in [-0.25, -0.2) is 4.98 Å². The highest BCUT2D eigenvalue weighted by Crippen LogP contribution is 2.25. The molecule has 0 bridgehead atoms. The zero-order valence-corrected chi connectivity index (χ0v) is 13.2. The fourth-order valence-corrected chi connectivity index (χ4v) is 3.33. The number of nitrogens with zero attached hydrogens (tertiary/aromatic N) is 3. The van der Waals surface area contributed by atoms with Gasteiger partial charge in [-0.15, -0.1) is 11.3 Å². The van der Waals surface area contributed by atoms with Gasteiger partial charge in [-0.05, 0) is 39.9 Å². The van der Waals surface area contributed by atoms with Crippen LogP contribution in [0.15, 0.2) is 5.38 Å². The van der Waals surface area contributed by atoms with Crippen molar-refractivity contribution >= 4 is 16.5 Å². The molecule has 108 valence electrons. The van der Waals surface area contributed by atoms with Crippen LogP contribution >= 0.6 is 11.3 Å². The van der Waals surface area contributed by atoms with Gasteiger partial charge in [-0.2, -0.15) is 0 Å². The fourth-order valence-electron chi connectivity index (χ4n) is 2.47. The third-order valence-corrected chi connectivity index (χ3v) is 4.62. The average Bonchev–Trinajstić information content (AvgIpc) is 2.88.